The van der Waals surface area contributed by atoms with Gasteiger partial charge in [0, 0.05) is 24.8 Å². The van der Waals surface area contributed by atoms with Crippen molar-refractivity contribution in [1.82, 2.24) is 29.6 Å². The lowest BCUT2D eigenvalue weighted by Crippen LogP contribution is -2.46. The number of carbonyl (C=O) groups excluding carboxylic acids is 1. The predicted molar refractivity (Wildman–Crippen MR) is 136 cm³/mol. The molecule has 0 saturated carbocycles. The molecule has 0 spiro atoms. The molecule has 38 heavy (non-hydrogen) atoms. The average molecular weight is 534 g/mol. The number of alkyl halides is 4. The summed E-state index contributed by atoms with van der Waals surface area (Å²) in [6, 6.07) is 4.30. The summed E-state index contributed by atoms with van der Waals surface area (Å²) in [5.41, 5.74) is 0.169. The first-order valence-electron chi connectivity index (χ1n) is 12.3. The number of piperidine rings is 1. The number of carbonyl (C=O) groups is 1. The van der Waals surface area contributed by atoms with Crippen molar-refractivity contribution in [2.24, 2.45) is 0 Å². The van der Waals surface area contributed by atoms with Crippen LogP contribution in [0.15, 0.2) is 30.6 Å². The third kappa shape index (κ3) is 6.45. The number of nitrogens with zero attached hydrogens (tertiary/aromatic N) is 5. The molecular formula is C26H31F4N7O. The van der Waals surface area contributed by atoms with Crippen molar-refractivity contribution in [1.29, 1.82) is 0 Å². The van der Waals surface area contributed by atoms with Crippen LogP contribution >= 0.6 is 0 Å². The van der Waals surface area contributed by atoms with E-state index in [0.29, 0.717) is 24.3 Å². The minimum Gasteiger partial charge on any atom is -0.364 e. The predicted octanol–water partition coefficient (Wildman–Crippen LogP) is 3.63. The first kappa shape index (κ1) is 27.4. The zero-order chi connectivity index (χ0) is 27.7. The van der Waals surface area contributed by atoms with Crippen LogP contribution in [0.4, 0.5) is 23.4 Å². The van der Waals surface area contributed by atoms with Gasteiger partial charge in [-0.2, -0.15) is 23.4 Å². The van der Waals surface area contributed by atoms with Gasteiger partial charge in [-0.05, 0) is 52.3 Å². The maximum atomic E-state index is 14.6. The zero-order valence-corrected chi connectivity index (χ0v) is 21.7. The van der Waals surface area contributed by atoms with E-state index >= 15 is 0 Å². The van der Waals surface area contributed by atoms with Crippen LogP contribution in [0.2, 0.25) is 0 Å². The molecule has 0 unspecified atom stereocenters. The highest BCUT2D eigenvalue weighted by Gasteiger charge is 2.32. The molecule has 1 amide bonds. The molecule has 1 aliphatic rings. The van der Waals surface area contributed by atoms with Gasteiger partial charge in [-0.25, -0.2) is 8.91 Å². The molecule has 3 aromatic heterocycles. The summed E-state index contributed by atoms with van der Waals surface area (Å²) in [5, 5.41) is 14.3. The number of nitrogens with one attached hydrogen (secondary N) is 2. The highest BCUT2D eigenvalue weighted by molar-refractivity contribution is 5.93. The maximum absolute atomic E-state index is 14.6. The number of aromatic nitrogens is 4. The van der Waals surface area contributed by atoms with E-state index in [9.17, 15) is 22.4 Å². The summed E-state index contributed by atoms with van der Waals surface area (Å²) in [7, 11) is 1.84. The van der Waals surface area contributed by atoms with Crippen LogP contribution in [-0.2, 0) is 12.0 Å². The number of likely N-dealkylation sites (tertiary alicyclic amines) is 1. The van der Waals surface area contributed by atoms with Gasteiger partial charge in [0.25, 0.3) is 5.91 Å². The number of hydrogen-bond donors (Lipinski definition) is 2. The summed E-state index contributed by atoms with van der Waals surface area (Å²) in [4.78, 5) is 14.3. The highest BCUT2D eigenvalue weighted by atomic mass is 19.4. The first-order valence-corrected chi connectivity index (χ1v) is 12.3. The van der Waals surface area contributed by atoms with Crippen molar-refractivity contribution in [3.8, 4) is 11.8 Å². The summed E-state index contributed by atoms with van der Waals surface area (Å²) in [6.45, 7) is 6.72. The van der Waals surface area contributed by atoms with Gasteiger partial charge in [-0.1, -0.05) is 12.0 Å². The third-order valence-electron chi connectivity index (χ3n) is 6.29. The number of hydrogen-bond acceptors (Lipinski definition) is 5. The lowest BCUT2D eigenvalue weighted by Gasteiger charge is -2.33. The smallest absolute Gasteiger partial charge is 0.364 e. The fraction of sp³-hybridized carbons (Fsp3) is 0.500. The maximum Gasteiger partial charge on any atom is 0.393 e. The fourth-order valence-corrected chi connectivity index (χ4v) is 4.27. The average Bonchev–Trinajstić information content (AvgIpc) is 3.44. The van der Waals surface area contributed by atoms with E-state index in [-0.39, 0.29) is 35.4 Å². The molecule has 4 heterocycles. The molecule has 3 aromatic rings. The molecule has 204 valence electrons. The Bertz CT molecular complexity index is 1360. The SMILES string of the molecule is CN1CC[C@@H](Nc2cccc3c(CC(F)(F)F)c(C#CCNC(=O)c4cnn(C(C)(C)C)c4)nn23)[C@@H](F)C1. The van der Waals surface area contributed by atoms with E-state index < -0.39 is 30.7 Å². The van der Waals surface area contributed by atoms with Gasteiger partial charge < -0.3 is 15.5 Å². The fourth-order valence-electron chi connectivity index (χ4n) is 4.27. The van der Waals surface area contributed by atoms with Crippen molar-refractivity contribution >= 4 is 17.2 Å². The monoisotopic (exact) mass is 533 g/mol. The largest absolute Gasteiger partial charge is 0.393 e. The molecule has 0 radical (unpaired) electrons. The summed E-state index contributed by atoms with van der Waals surface area (Å²) in [6.07, 6.45) is -3.23. The Morgan fingerprint density at radius 2 is 2.00 bits per heavy atom. The Balaban J connectivity index is 1.55. The number of anilines is 1. The number of pyridine rings is 1. The number of amides is 1. The summed E-state index contributed by atoms with van der Waals surface area (Å²) < 4.78 is 57.9. The van der Waals surface area contributed by atoms with Crippen LogP contribution in [-0.4, -0.2) is 75.3 Å². The van der Waals surface area contributed by atoms with Gasteiger partial charge in [-0.15, -0.1) is 0 Å². The van der Waals surface area contributed by atoms with Crippen molar-refractivity contribution in [2.75, 3.05) is 32.0 Å². The molecule has 1 saturated heterocycles. The topological polar surface area (TPSA) is 79.5 Å². The van der Waals surface area contributed by atoms with Gasteiger partial charge in [0.05, 0.1) is 41.8 Å². The molecule has 2 N–H and O–H groups in total. The van der Waals surface area contributed by atoms with E-state index in [1.165, 1.54) is 16.8 Å². The number of rotatable bonds is 5. The van der Waals surface area contributed by atoms with Crippen LogP contribution in [0, 0.1) is 11.8 Å². The molecule has 1 aliphatic heterocycles. The molecule has 0 aromatic carbocycles. The Kier molecular flexibility index (Phi) is 7.69. The molecule has 2 atom stereocenters. The van der Waals surface area contributed by atoms with Crippen molar-refractivity contribution in [3.63, 3.8) is 0 Å². The van der Waals surface area contributed by atoms with E-state index in [2.05, 4.69) is 32.7 Å². The Hall–Kier alpha value is -3.59. The van der Waals surface area contributed by atoms with E-state index in [1.54, 1.807) is 23.0 Å². The molecule has 0 aliphatic carbocycles. The molecule has 4 rings (SSSR count). The van der Waals surface area contributed by atoms with E-state index in [0.717, 1.165) is 0 Å². The summed E-state index contributed by atoms with van der Waals surface area (Å²) in [5.74, 6) is 5.37. The van der Waals surface area contributed by atoms with Gasteiger partial charge in [0.2, 0.25) is 0 Å². The van der Waals surface area contributed by atoms with Crippen molar-refractivity contribution in [3.05, 3.63) is 47.4 Å². The molecule has 12 heteroatoms. The van der Waals surface area contributed by atoms with Crippen LogP contribution in [0.5, 0.6) is 0 Å². The number of fused-ring (bicyclic) bond motifs is 1. The number of halogens is 4. The summed E-state index contributed by atoms with van der Waals surface area (Å²) >= 11 is 0. The normalized spacial score (nSPS) is 18.7. The standard InChI is InChI=1S/C26H31F4N7O/c1-25(2,3)36-15-17(14-32-36)24(38)31-11-6-7-20-18(13-26(28,29)30)22-8-5-9-23(37(22)34-20)33-21-10-12-35(4)16-19(21)27/h5,8-9,14-15,19,21,33H,10-13,16H2,1-4H3,(H,31,38)/t19-,21+/m0/s1. The van der Waals surface area contributed by atoms with Crippen LogP contribution in [0.25, 0.3) is 5.52 Å². The quantitative estimate of drug-likeness (QED) is 0.387. The van der Waals surface area contributed by atoms with Gasteiger partial charge in [0.15, 0.2) is 0 Å². The molecule has 0 bridgehead atoms. The van der Waals surface area contributed by atoms with Gasteiger partial charge >= 0.3 is 6.18 Å². The first-order chi connectivity index (χ1) is 17.8. The minimum atomic E-state index is -4.48. The van der Waals surface area contributed by atoms with Crippen LogP contribution in [0.1, 0.15) is 48.8 Å². The van der Waals surface area contributed by atoms with Gasteiger partial charge in [0.1, 0.15) is 17.7 Å². The van der Waals surface area contributed by atoms with Crippen LogP contribution in [0.3, 0.4) is 0 Å². The highest BCUT2D eigenvalue weighted by Crippen LogP contribution is 2.28. The lowest BCUT2D eigenvalue weighted by molar-refractivity contribution is -0.127. The van der Waals surface area contributed by atoms with Crippen molar-refractivity contribution in [2.45, 2.75) is 57.5 Å². The third-order valence-corrected chi connectivity index (χ3v) is 6.29. The lowest BCUT2D eigenvalue weighted by atomic mass is 10.0. The second-order valence-corrected chi connectivity index (χ2v) is 10.5. The minimum absolute atomic E-state index is 0.0495. The Morgan fingerprint density at radius 3 is 2.66 bits per heavy atom. The Labute approximate surface area is 218 Å². The van der Waals surface area contributed by atoms with Crippen LogP contribution < -0.4 is 10.6 Å². The second kappa shape index (κ2) is 10.6. The zero-order valence-electron chi connectivity index (χ0n) is 21.7. The second-order valence-electron chi connectivity index (χ2n) is 10.5. The Morgan fingerprint density at radius 1 is 1.24 bits per heavy atom. The molecule has 8 nitrogen and oxygen atoms in total. The molecular weight excluding hydrogens is 502 g/mol. The van der Waals surface area contributed by atoms with Crippen molar-refractivity contribution < 1.29 is 22.4 Å². The van der Waals surface area contributed by atoms with E-state index in [4.69, 9.17) is 0 Å². The van der Waals surface area contributed by atoms with Gasteiger partial charge in [-0.3, -0.25) is 9.48 Å². The van der Waals surface area contributed by atoms with E-state index in [1.807, 2.05) is 32.7 Å². The molecule has 1 fully saturated rings.